The van der Waals surface area contributed by atoms with Gasteiger partial charge in [0.05, 0.1) is 5.39 Å². The Kier molecular flexibility index (Phi) is 2.97. The molecule has 0 spiro atoms. The van der Waals surface area contributed by atoms with E-state index in [2.05, 4.69) is 4.18 Å². The lowest BCUT2D eigenvalue weighted by molar-refractivity contribution is 0.386. The maximum absolute atomic E-state index is 11.9. The molecule has 114 valence electrons. The molecule has 0 amide bonds. The average molecular weight is 324 g/mol. The molecule has 9 heteroatoms. The van der Waals surface area contributed by atoms with Crippen LogP contribution in [0.2, 0.25) is 0 Å². The zero-order valence-corrected chi connectivity index (χ0v) is 11.5. The third-order valence-electron chi connectivity index (χ3n) is 2.98. The average Bonchev–Trinajstić information content (AvgIpc) is 2.39. The number of rotatable bonds is 2. The van der Waals surface area contributed by atoms with E-state index >= 15 is 0 Å². The SMILES string of the molecule is O=c1oc2cc(OS(=O)(=O)O)ccc2c2cc(O)c(O)cc12. The highest BCUT2D eigenvalue weighted by molar-refractivity contribution is 7.81. The highest BCUT2D eigenvalue weighted by Gasteiger charge is 2.13. The highest BCUT2D eigenvalue weighted by Crippen LogP contribution is 2.33. The molecule has 22 heavy (non-hydrogen) atoms. The molecule has 0 radical (unpaired) electrons. The maximum atomic E-state index is 11.9. The van der Waals surface area contributed by atoms with E-state index < -0.39 is 27.5 Å². The molecule has 0 aliphatic rings. The second-order valence-corrected chi connectivity index (χ2v) is 5.47. The molecule has 1 aromatic heterocycles. The lowest BCUT2D eigenvalue weighted by atomic mass is 10.1. The Balaban J connectivity index is 2.34. The van der Waals surface area contributed by atoms with Crippen molar-refractivity contribution in [1.82, 2.24) is 0 Å². The minimum Gasteiger partial charge on any atom is -0.504 e. The predicted octanol–water partition coefficient (Wildman–Crippen LogP) is 1.54. The van der Waals surface area contributed by atoms with Gasteiger partial charge in [-0.05, 0) is 24.3 Å². The summed E-state index contributed by atoms with van der Waals surface area (Å²) in [5, 5.41) is 19.7. The van der Waals surface area contributed by atoms with Crippen molar-refractivity contribution in [3.63, 3.8) is 0 Å². The van der Waals surface area contributed by atoms with Gasteiger partial charge in [0.15, 0.2) is 11.5 Å². The predicted molar refractivity (Wildman–Crippen MR) is 75.5 cm³/mol. The minimum atomic E-state index is -4.70. The first-order valence-corrected chi connectivity index (χ1v) is 7.20. The molecular formula is C13H8O8S. The lowest BCUT2D eigenvalue weighted by Gasteiger charge is -2.06. The second-order valence-electron chi connectivity index (χ2n) is 4.45. The fourth-order valence-electron chi connectivity index (χ4n) is 2.11. The van der Waals surface area contributed by atoms with E-state index in [1.807, 2.05) is 0 Å². The molecule has 0 unspecified atom stereocenters. The van der Waals surface area contributed by atoms with Crippen molar-refractivity contribution in [2.24, 2.45) is 0 Å². The molecule has 0 atom stereocenters. The molecule has 0 aliphatic carbocycles. The lowest BCUT2D eigenvalue weighted by Crippen LogP contribution is -2.06. The van der Waals surface area contributed by atoms with Gasteiger partial charge in [0.1, 0.15) is 11.3 Å². The van der Waals surface area contributed by atoms with Crippen LogP contribution in [0.15, 0.2) is 39.5 Å². The molecule has 8 nitrogen and oxygen atoms in total. The van der Waals surface area contributed by atoms with Crippen LogP contribution in [0.3, 0.4) is 0 Å². The largest absolute Gasteiger partial charge is 0.504 e. The number of aromatic hydroxyl groups is 2. The van der Waals surface area contributed by atoms with Crippen molar-refractivity contribution in [2.75, 3.05) is 0 Å². The van der Waals surface area contributed by atoms with Gasteiger partial charge in [-0.15, -0.1) is 0 Å². The summed E-state index contributed by atoms with van der Waals surface area (Å²) in [5.74, 6) is -1.14. The monoisotopic (exact) mass is 324 g/mol. The highest BCUT2D eigenvalue weighted by atomic mass is 32.3. The number of phenolic OH excluding ortho intramolecular Hbond substituents is 2. The summed E-state index contributed by atoms with van der Waals surface area (Å²) in [6.45, 7) is 0. The molecule has 0 saturated carbocycles. The van der Waals surface area contributed by atoms with Gasteiger partial charge in [-0.2, -0.15) is 8.42 Å². The molecular weight excluding hydrogens is 316 g/mol. The van der Waals surface area contributed by atoms with Crippen molar-refractivity contribution in [2.45, 2.75) is 0 Å². The van der Waals surface area contributed by atoms with Gasteiger partial charge in [-0.25, -0.2) is 4.79 Å². The third kappa shape index (κ3) is 2.43. The van der Waals surface area contributed by atoms with E-state index in [4.69, 9.17) is 8.97 Å². The summed E-state index contributed by atoms with van der Waals surface area (Å²) >= 11 is 0. The number of benzene rings is 2. The van der Waals surface area contributed by atoms with Crippen LogP contribution in [0.5, 0.6) is 17.2 Å². The Labute approximate surface area is 122 Å². The zero-order chi connectivity index (χ0) is 16.1. The van der Waals surface area contributed by atoms with Crippen LogP contribution >= 0.6 is 0 Å². The Morgan fingerprint density at radius 2 is 1.59 bits per heavy atom. The van der Waals surface area contributed by atoms with Gasteiger partial charge in [0.25, 0.3) is 0 Å². The normalized spacial score (nSPS) is 11.9. The standard InChI is InChI=1S/C13H8O8S/c14-10-4-8-7-2-1-6(21-22(17,18)19)3-12(7)20-13(16)9(8)5-11(10)15/h1-5,14-15H,(H,17,18,19). The van der Waals surface area contributed by atoms with Crippen molar-refractivity contribution >= 4 is 32.1 Å². The van der Waals surface area contributed by atoms with Crippen LogP contribution < -0.4 is 9.81 Å². The van der Waals surface area contributed by atoms with Crippen molar-refractivity contribution < 1.29 is 31.8 Å². The molecule has 3 rings (SSSR count). The Bertz CT molecular complexity index is 1060. The van der Waals surface area contributed by atoms with Crippen LogP contribution in [0, 0.1) is 0 Å². The molecule has 0 saturated heterocycles. The molecule has 2 aromatic carbocycles. The van der Waals surface area contributed by atoms with E-state index in [1.54, 1.807) is 0 Å². The van der Waals surface area contributed by atoms with E-state index in [0.717, 1.165) is 12.1 Å². The third-order valence-corrected chi connectivity index (χ3v) is 3.39. The zero-order valence-electron chi connectivity index (χ0n) is 10.7. The van der Waals surface area contributed by atoms with Gasteiger partial charge >= 0.3 is 16.0 Å². The minimum absolute atomic E-state index is 0.0104. The summed E-state index contributed by atoms with van der Waals surface area (Å²) < 4.78 is 39.3. The number of hydrogen-bond donors (Lipinski definition) is 3. The molecule has 0 aliphatic heterocycles. The molecule has 3 N–H and O–H groups in total. The first-order chi connectivity index (χ1) is 10.2. The molecule has 1 heterocycles. The summed E-state index contributed by atoms with van der Waals surface area (Å²) in [5.41, 5.74) is -0.800. The Morgan fingerprint density at radius 3 is 2.23 bits per heavy atom. The summed E-state index contributed by atoms with van der Waals surface area (Å²) in [4.78, 5) is 11.9. The number of fused-ring (bicyclic) bond motifs is 3. The van der Waals surface area contributed by atoms with Crippen LogP contribution in [0.4, 0.5) is 0 Å². The molecule has 3 aromatic rings. The fraction of sp³-hybridized carbons (Fsp3) is 0. The smallest absolute Gasteiger partial charge is 0.446 e. The van der Waals surface area contributed by atoms with Crippen LogP contribution in [0.25, 0.3) is 21.7 Å². The van der Waals surface area contributed by atoms with Crippen molar-refractivity contribution in [3.05, 3.63) is 40.8 Å². The summed E-state index contributed by atoms with van der Waals surface area (Å²) in [6.07, 6.45) is 0. The van der Waals surface area contributed by atoms with Crippen LogP contribution in [-0.4, -0.2) is 23.2 Å². The van der Waals surface area contributed by atoms with Crippen LogP contribution in [-0.2, 0) is 10.4 Å². The van der Waals surface area contributed by atoms with Gasteiger partial charge in [0.2, 0.25) is 0 Å². The van der Waals surface area contributed by atoms with Crippen LogP contribution in [0.1, 0.15) is 0 Å². The quantitative estimate of drug-likeness (QED) is 0.280. The maximum Gasteiger partial charge on any atom is 0.446 e. The van der Waals surface area contributed by atoms with Gasteiger partial charge in [0, 0.05) is 16.8 Å². The van der Waals surface area contributed by atoms with Gasteiger partial charge < -0.3 is 18.8 Å². The van der Waals surface area contributed by atoms with E-state index in [-0.39, 0.29) is 16.7 Å². The summed E-state index contributed by atoms with van der Waals surface area (Å²) in [6, 6.07) is 5.98. The topological polar surface area (TPSA) is 134 Å². The summed E-state index contributed by atoms with van der Waals surface area (Å²) in [7, 11) is -4.70. The Morgan fingerprint density at radius 1 is 0.955 bits per heavy atom. The number of phenols is 2. The van der Waals surface area contributed by atoms with Crippen molar-refractivity contribution in [3.8, 4) is 17.2 Å². The van der Waals surface area contributed by atoms with E-state index in [0.29, 0.717) is 10.8 Å². The van der Waals surface area contributed by atoms with Crippen molar-refractivity contribution in [1.29, 1.82) is 0 Å². The van der Waals surface area contributed by atoms with E-state index in [9.17, 15) is 23.4 Å². The first-order valence-electron chi connectivity index (χ1n) is 5.84. The van der Waals surface area contributed by atoms with E-state index in [1.165, 1.54) is 18.2 Å². The Hall–Kier alpha value is -2.78. The number of hydrogen-bond acceptors (Lipinski definition) is 7. The molecule has 0 fully saturated rings. The second kappa shape index (κ2) is 4.61. The first kappa shape index (κ1) is 14.2. The van der Waals surface area contributed by atoms with Gasteiger partial charge in [-0.1, -0.05) is 0 Å². The fourth-order valence-corrected chi connectivity index (χ4v) is 2.45. The van der Waals surface area contributed by atoms with Gasteiger partial charge in [-0.3, -0.25) is 4.55 Å². The molecule has 0 bridgehead atoms.